The lowest BCUT2D eigenvalue weighted by atomic mass is 9.88. The molecule has 0 saturated carbocycles. The van der Waals surface area contributed by atoms with Gasteiger partial charge in [-0.25, -0.2) is 29.9 Å². The summed E-state index contributed by atoms with van der Waals surface area (Å²) in [6.45, 7) is 0. The summed E-state index contributed by atoms with van der Waals surface area (Å²) in [6, 6.07) is 74.2. The first kappa shape index (κ1) is 36.1. The van der Waals surface area contributed by atoms with Gasteiger partial charge in [-0.2, -0.15) is 0 Å². The maximum Gasteiger partial charge on any atom is 0.164 e. The van der Waals surface area contributed by atoms with Crippen LogP contribution in [0, 0.1) is 0 Å². The van der Waals surface area contributed by atoms with Crippen molar-refractivity contribution in [1.82, 2.24) is 29.9 Å². The van der Waals surface area contributed by atoms with Crippen LogP contribution in [-0.4, -0.2) is 29.9 Å². The van der Waals surface area contributed by atoms with E-state index in [0.717, 1.165) is 66.8 Å². The predicted octanol–water partition coefficient (Wildman–Crippen LogP) is 13.1. The molecule has 8 aromatic carbocycles. The van der Waals surface area contributed by atoms with E-state index in [-0.39, 0.29) is 0 Å². The lowest BCUT2D eigenvalue weighted by Crippen LogP contribution is -2.01. The van der Waals surface area contributed by atoms with Crippen LogP contribution in [0.3, 0.4) is 0 Å². The normalized spacial score (nSPS) is 11.0. The van der Waals surface area contributed by atoms with Gasteiger partial charge in [-0.05, 0) is 39.4 Å². The zero-order chi connectivity index (χ0) is 40.1. The topological polar surface area (TPSA) is 77.3 Å². The Kier molecular flexibility index (Phi) is 9.84. The molecule has 6 nitrogen and oxygen atoms in total. The van der Waals surface area contributed by atoms with E-state index in [9.17, 15) is 0 Å². The van der Waals surface area contributed by atoms with Crippen LogP contribution in [-0.2, 0) is 0 Å². The number of rotatable bonds is 9. The van der Waals surface area contributed by atoms with Crippen molar-refractivity contribution >= 4 is 0 Å². The van der Waals surface area contributed by atoms with Gasteiger partial charge in [0.05, 0.1) is 0 Å². The van der Waals surface area contributed by atoms with Gasteiger partial charge >= 0.3 is 0 Å². The van der Waals surface area contributed by atoms with Crippen molar-refractivity contribution in [2.24, 2.45) is 0 Å². The Labute approximate surface area is 348 Å². The SMILES string of the molecule is c1ccc(-c2nc(-c3ccccc3)nc(-c3ccccc3-c3ccc(-c4ccccc4-c4nc(-c5ccccc5)nc(-c5ccccc5)n4)c(-c4ccccc4)c3)n2)cc1. The Morgan fingerprint density at radius 3 is 0.850 bits per heavy atom. The molecule has 0 saturated heterocycles. The standard InChI is InChI=1S/C54H36N6/c1-6-20-37(21-7-1)48-36-42(43-30-16-18-32-46(43)53-57-49(38-22-8-2-9-23-38)55-50(58-53)39-24-10-3-11-25-39)34-35-45(48)44-31-17-19-33-47(44)54-59-51(40-26-12-4-13-27-40)56-52(60-54)41-28-14-5-15-29-41/h1-36H. The second-order valence-corrected chi connectivity index (χ2v) is 14.3. The van der Waals surface area contributed by atoms with Crippen molar-refractivity contribution in [2.75, 3.05) is 0 Å². The average Bonchev–Trinajstić information content (AvgIpc) is 3.35. The Bertz CT molecular complexity index is 2950. The minimum atomic E-state index is 0.602. The van der Waals surface area contributed by atoms with Crippen molar-refractivity contribution in [3.8, 4) is 102 Å². The molecule has 0 N–H and O–H groups in total. The van der Waals surface area contributed by atoms with Crippen molar-refractivity contribution in [3.05, 3.63) is 218 Å². The molecular formula is C54H36N6. The highest BCUT2D eigenvalue weighted by Gasteiger charge is 2.20. The Morgan fingerprint density at radius 1 is 0.167 bits per heavy atom. The summed E-state index contributed by atoms with van der Waals surface area (Å²) in [5.74, 6) is 3.69. The summed E-state index contributed by atoms with van der Waals surface area (Å²) in [5, 5.41) is 0. The van der Waals surface area contributed by atoms with E-state index in [2.05, 4.69) is 78.9 Å². The van der Waals surface area contributed by atoms with Crippen LogP contribution >= 0.6 is 0 Å². The lowest BCUT2D eigenvalue weighted by Gasteiger charge is -2.17. The van der Waals surface area contributed by atoms with Crippen LogP contribution < -0.4 is 0 Å². The molecule has 0 fully saturated rings. The molecule has 0 unspecified atom stereocenters. The van der Waals surface area contributed by atoms with E-state index in [4.69, 9.17) is 29.9 Å². The van der Waals surface area contributed by atoms with Crippen LogP contribution in [0.5, 0.6) is 0 Å². The van der Waals surface area contributed by atoms with Crippen LogP contribution in [0.2, 0.25) is 0 Å². The monoisotopic (exact) mass is 768 g/mol. The summed E-state index contributed by atoms with van der Waals surface area (Å²) in [6.07, 6.45) is 0. The molecule has 6 heteroatoms. The van der Waals surface area contributed by atoms with Gasteiger partial charge in [-0.3, -0.25) is 0 Å². The summed E-state index contributed by atoms with van der Waals surface area (Å²) in [5.41, 5.74) is 11.8. The van der Waals surface area contributed by atoms with E-state index in [1.165, 1.54) is 0 Å². The first-order valence-corrected chi connectivity index (χ1v) is 19.9. The average molecular weight is 769 g/mol. The smallest absolute Gasteiger partial charge is 0.164 e. The number of aromatic nitrogens is 6. The molecule has 0 atom stereocenters. The molecule has 0 bridgehead atoms. The third-order valence-corrected chi connectivity index (χ3v) is 10.4. The van der Waals surface area contributed by atoms with Gasteiger partial charge in [0, 0.05) is 33.4 Å². The van der Waals surface area contributed by atoms with E-state index in [1.54, 1.807) is 0 Å². The highest BCUT2D eigenvalue weighted by atomic mass is 15.0. The van der Waals surface area contributed by atoms with Crippen molar-refractivity contribution in [2.45, 2.75) is 0 Å². The van der Waals surface area contributed by atoms with Crippen molar-refractivity contribution < 1.29 is 0 Å². The molecular weight excluding hydrogens is 733 g/mol. The van der Waals surface area contributed by atoms with Gasteiger partial charge in [0.15, 0.2) is 34.9 Å². The minimum absolute atomic E-state index is 0.602. The Morgan fingerprint density at radius 2 is 0.450 bits per heavy atom. The molecule has 0 spiro atoms. The largest absolute Gasteiger partial charge is 0.208 e. The van der Waals surface area contributed by atoms with E-state index < -0.39 is 0 Å². The lowest BCUT2D eigenvalue weighted by molar-refractivity contribution is 1.07. The van der Waals surface area contributed by atoms with Gasteiger partial charge in [0.2, 0.25) is 0 Å². The molecule has 2 aromatic heterocycles. The van der Waals surface area contributed by atoms with Crippen LogP contribution in [0.4, 0.5) is 0 Å². The van der Waals surface area contributed by atoms with Gasteiger partial charge in [-0.15, -0.1) is 0 Å². The van der Waals surface area contributed by atoms with Gasteiger partial charge < -0.3 is 0 Å². The zero-order valence-electron chi connectivity index (χ0n) is 32.5. The maximum atomic E-state index is 5.11. The number of benzene rings is 8. The number of hydrogen-bond acceptors (Lipinski definition) is 6. The first-order chi connectivity index (χ1) is 29.7. The van der Waals surface area contributed by atoms with Crippen molar-refractivity contribution in [1.29, 1.82) is 0 Å². The highest BCUT2D eigenvalue weighted by molar-refractivity contribution is 5.94. The second kappa shape index (κ2) is 16.3. The highest BCUT2D eigenvalue weighted by Crippen LogP contribution is 2.42. The summed E-state index contributed by atoms with van der Waals surface area (Å²) in [7, 11) is 0. The van der Waals surface area contributed by atoms with Crippen LogP contribution in [0.15, 0.2) is 218 Å². The number of nitrogens with zero attached hydrogens (tertiary/aromatic N) is 6. The fraction of sp³-hybridized carbons (Fsp3) is 0. The molecule has 2 heterocycles. The Hall–Kier alpha value is -8.22. The molecule has 0 radical (unpaired) electrons. The van der Waals surface area contributed by atoms with Crippen LogP contribution in [0.25, 0.3) is 102 Å². The molecule has 0 aliphatic carbocycles. The maximum absolute atomic E-state index is 5.11. The zero-order valence-corrected chi connectivity index (χ0v) is 32.5. The third kappa shape index (κ3) is 7.37. The minimum Gasteiger partial charge on any atom is -0.208 e. The molecule has 282 valence electrons. The number of hydrogen-bond donors (Lipinski definition) is 0. The second-order valence-electron chi connectivity index (χ2n) is 14.3. The van der Waals surface area contributed by atoms with E-state index in [0.29, 0.717) is 34.9 Å². The molecule has 60 heavy (non-hydrogen) atoms. The fourth-order valence-electron chi connectivity index (χ4n) is 7.50. The fourth-order valence-corrected chi connectivity index (χ4v) is 7.50. The Balaban J connectivity index is 1.14. The molecule has 10 aromatic rings. The van der Waals surface area contributed by atoms with Crippen LogP contribution in [0.1, 0.15) is 0 Å². The van der Waals surface area contributed by atoms with Crippen molar-refractivity contribution in [3.63, 3.8) is 0 Å². The summed E-state index contributed by atoms with van der Waals surface area (Å²) >= 11 is 0. The van der Waals surface area contributed by atoms with E-state index in [1.807, 2.05) is 140 Å². The third-order valence-electron chi connectivity index (χ3n) is 10.4. The molecule has 0 aliphatic rings. The van der Waals surface area contributed by atoms with Gasteiger partial charge in [0.25, 0.3) is 0 Å². The quantitative estimate of drug-likeness (QED) is 0.145. The summed E-state index contributed by atoms with van der Waals surface area (Å²) < 4.78 is 0. The van der Waals surface area contributed by atoms with Gasteiger partial charge in [-0.1, -0.05) is 212 Å². The van der Waals surface area contributed by atoms with Gasteiger partial charge in [0.1, 0.15) is 0 Å². The first-order valence-electron chi connectivity index (χ1n) is 19.9. The van der Waals surface area contributed by atoms with E-state index >= 15 is 0 Å². The molecule has 0 aliphatic heterocycles. The molecule has 10 rings (SSSR count). The molecule has 0 amide bonds. The summed E-state index contributed by atoms with van der Waals surface area (Å²) in [4.78, 5) is 30.3. The predicted molar refractivity (Wildman–Crippen MR) is 242 cm³/mol.